The maximum atomic E-state index is 12.1. The molecule has 0 aliphatic rings. The molecule has 2 rings (SSSR count). The van der Waals surface area contributed by atoms with Crippen molar-refractivity contribution in [2.45, 2.75) is 11.8 Å². The summed E-state index contributed by atoms with van der Waals surface area (Å²) in [6, 6.07) is 7.17. The van der Waals surface area contributed by atoms with Gasteiger partial charge >= 0.3 is 0 Å². The van der Waals surface area contributed by atoms with Crippen molar-refractivity contribution in [2.75, 3.05) is 5.32 Å². The van der Waals surface area contributed by atoms with Crippen molar-refractivity contribution in [3.05, 3.63) is 52.8 Å². The number of sulfonamides is 1. The first-order valence-electron chi connectivity index (χ1n) is 5.84. The average Bonchev–Trinajstić information content (AvgIpc) is 2.40. The quantitative estimate of drug-likeness (QED) is 0.842. The molecular formula is C13H12ClN3O3S. The Morgan fingerprint density at radius 2 is 2.00 bits per heavy atom. The monoisotopic (exact) mass is 325 g/mol. The highest BCUT2D eigenvalue weighted by Crippen LogP contribution is 2.20. The standard InChI is InChI=1S/C13H12ClN3O3S/c1-8-2-3-10(21(15,19)20)7-11(8)17-13(18)9-4-5-16-12(14)6-9/h2-7H,1H3,(H,17,18)(H2,15,19,20). The van der Waals surface area contributed by atoms with Gasteiger partial charge in [0.25, 0.3) is 5.91 Å². The molecule has 3 N–H and O–H groups in total. The maximum Gasteiger partial charge on any atom is 0.255 e. The van der Waals surface area contributed by atoms with Gasteiger partial charge < -0.3 is 5.32 Å². The van der Waals surface area contributed by atoms with Gasteiger partial charge in [0.1, 0.15) is 5.15 Å². The molecule has 0 atom stereocenters. The molecule has 1 aromatic heterocycles. The molecule has 0 saturated heterocycles. The van der Waals surface area contributed by atoms with Gasteiger partial charge in [-0.05, 0) is 36.8 Å². The summed E-state index contributed by atoms with van der Waals surface area (Å²) in [5.74, 6) is -0.422. The Hall–Kier alpha value is -1.96. The van der Waals surface area contributed by atoms with Crippen LogP contribution in [0, 0.1) is 6.92 Å². The number of amides is 1. The Kier molecular flexibility index (Phi) is 4.26. The smallest absolute Gasteiger partial charge is 0.255 e. The molecule has 1 aromatic carbocycles. The van der Waals surface area contributed by atoms with Crippen molar-refractivity contribution in [2.24, 2.45) is 5.14 Å². The molecule has 6 nitrogen and oxygen atoms in total. The number of pyridine rings is 1. The molecule has 2 aromatic rings. The van der Waals surface area contributed by atoms with Crippen molar-refractivity contribution in [1.29, 1.82) is 0 Å². The third-order valence-corrected chi connectivity index (χ3v) is 3.89. The number of hydrogen-bond donors (Lipinski definition) is 2. The molecule has 0 aliphatic carbocycles. The number of carbonyl (C=O) groups excluding carboxylic acids is 1. The first-order chi connectivity index (χ1) is 9.77. The van der Waals surface area contributed by atoms with Crippen LogP contribution >= 0.6 is 11.6 Å². The molecule has 0 aliphatic heterocycles. The molecule has 110 valence electrons. The van der Waals surface area contributed by atoms with Crippen molar-refractivity contribution < 1.29 is 13.2 Å². The van der Waals surface area contributed by atoms with Gasteiger partial charge in [0.05, 0.1) is 4.90 Å². The number of nitrogens with one attached hydrogen (secondary N) is 1. The fourth-order valence-corrected chi connectivity index (χ4v) is 2.36. The molecule has 0 fully saturated rings. The fourth-order valence-electron chi connectivity index (χ4n) is 1.65. The largest absolute Gasteiger partial charge is 0.322 e. The lowest BCUT2D eigenvalue weighted by atomic mass is 10.2. The predicted octanol–water partition coefficient (Wildman–Crippen LogP) is 1.94. The van der Waals surface area contributed by atoms with E-state index in [0.717, 1.165) is 0 Å². The van der Waals surface area contributed by atoms with Crippen molar-refractivity contribution in [1.82, 2.24) is 4.98 Å². The number of aryl methyl sites for hydroxylation is 1. The minimum Gasteiger partial charge on any atom is -0.322 e. The molecular weight excluding hydrogens is 314 g/mol. The molecule has 0 bridgehead atoms. The first kappa shape index (κ1) is 15.4. The van der Waals surface area contributed by atoms with Gasteiger partial charge in [-0.15, -0.1) is 0 Å². The first-order valence-corrected chi connectivity index (χ1v) is 7.76. The third-order valence-electron chi connectivity index (χ3n) is 2.77. The number of hydrogen-bond acceptors (Lipinski definition) is 4. The summed E-state index contributed by atoms with van der Waals surface area (Å²) >= 11 is 5.72. The summed E-state index contributed by atoms with van der Waals surface area (Å²) in [4.78, 5) is 15.8. The zero-order valence-electron chi connectivity index (χ0n) is 11.0. The molecule has 0 radical (unpaired) electrons. The molecule has 8 heteroatoms. The van der Waals surface area contributed by atoms with E-state index in [1.165, 1.54) is 30.5 Å². The lowest BCUT2D eigenvalue weighted by Gasteiger charge is -2.10. The molecule has 1 amide bonds. The van der Waals surface area contributed by atoms with Gasteiger partial charge in [-0.25, -0.2) is 18.5 Å². The van der Waals surface area contributed by atoms with E-state index >= 15 is 0 Å². The van der Waals surface area contributed by atoms with Crippen LogP contribution in [0.2, 0.25) is 5.15 Å². The van der Waals surface area contributed by atoms with E-state index in [1.54, 1.807) is 13.0 Å². The van der Waals surface area contributed by atoms with E-state index in [-0.39, 0.29) is 10.0 Å². The van der Waals surface area contributed by atoms with Gasteiger partial charge in [0.15, 0.2) is 0 Å². The Labute approximate surface area is 127 Å². The van der Waals surface area contributed by atoms with Gasteiger partial charge in [-0.2, -0.15) is 0 Å². The number of rotatable bonds is 3. The normalized spacial score (nSPS) is 11.2. The van der Waals surface area contributed by atoms with E-state index in [2.05, 4.69) is 10.3 Å². The van der Waals surface area contributed by atoms with Gasteiger partial charge in [-0.1, -0.05) is 17.7 Å². The van der Waals surface area contributed by atoms with Crippen LogP contribution in [0.4, 0.5) is 5.69 Å². The summed E-state index contributed by atoms with van der Waals surface area (Å²) in [6.07, 6.45) is 1.41. The lowest BCUT2D eigenvalue weighted by molar-refractivity contribution is 0.102. The maximum absolute atomic E-state index is 12.1. The molecule has 1 heterocycles. The lowest BCUT2D eigenvalue weighted by Crippen LogP contribution is -2.15. The van der Waals surface area contributed by atoms with Crippen molar-refractivity contribution in [3.63, 3.8) is 0 Å². The number of aromatic nitrogens is 1. The molecule has 0 spiro atoms. The van der Waals surface area contributed by atoms with Crippen LogP contribution in [0.25, 0.3) is 0 Å². The summed E-state index contributed by atoms with van der Waals surface area (Å²) < 4.78 is 22.7. The zero-order valence-corrected chi connectivity index (χ0v) is 12.6. The van der Waals surface area contributed by atoms with Crippen LogP contribution in [0.5, 0.6) is 0 Å². The van der Waals surface area contributed by atoms with E-state index in [0.29, 0.717) is 16.8 Å². The number of anilines is 1. The zero-order chi connectivity index (χ0) is 15.6. The summed E-state index contributed by atoms with van der Waals surface area (Å²) in [6.45, 7) is 1.74. The van der Waals surface area contributed by atoms with E-state index in [9.17, 15) is 13.2 Å². The average molecular weight is 326 g/mol. The number of halogens is 1. The number of nitrogens with two attached hydrogens (primary N) is 1. The Bertz CT molecular complexity index is 806. The number of primary sulfonamides is 1. The van der Waals surface area contributed by atoms with E-state index < -0.39 is 15.9 Å². The SMILES string of the molecule is Cc1ccc(S(N)(=O)=O)cc1NC(=O)c1ccnc(Cl)c1. The van der Waals surface area contributed by atoms with Crippen molar-refractivity contribution >= 4 is 33.2 Å². The fraction of sp³-hybridized carbons (Fsp3) is 0.0769. The predicted molar refractivity (Wildman–Crippen MR) is 79.8 cm³/mol. The minimum absolute atomic E-state index is 0.0730. The highest BCUT2D eigenvalue weighted by molar-refractivity contribution is 7.89. The Morgan fingerprint density at radius 1 is 1.29 bits per heavy atom. The number of benzene rings is 1. The summed E-state index contributed by atoms with van der Waals surface area (Å²) in [7, 11) is -3.83. The van der Waals surface area contributed by atoms with Gasteiger partial charge in [0, 0.05) is 17.4 Å². The van der Waals surface area contributed by atoms with Crippen molar-refractivity contribution in [3.8, 4) is 0 Å². The Balaban J connectivity index is 2.33. The van der Waals surface area contributed by atoms with Crippen LogP contribution in [-0.4, -0.2) is 19.3 Å². The van der Waals surface area contributed by atoms with Crippen LogP contribution in [0.15, 0.2) is 41.4 Å². The van der Waals surface area contributed by atoms with E-state index in [1.807, 2.05) is 0 Å². The van der Waals surface area contributed by atoms with Crippen LogP contribution in [0.1, 0.15) is 15.9 Å². The molecule has 0 saturated carbocycles. The summed E-state index contributed by atoms with van der Waals surface area (Å²) in [5.41, 5.74) is 1.38. The topological polar surface area (TPSA) is 102 Å². The Morgan fingerprint density at radius 3 is 2.62 bits per heavy atom. The summed E-state index contributed by atoms with van der Waals surface area (Å²) in [5, 5.41) is 7.88. The second-order valence-electron chi connectivity index (χ2n) is 4.34. The minimum atomic E-state index is -3.83. The van der Waals surface area contributed by atoms with Crippen LogP contribution < -0.4 is 10.5 Å². The van der Waals surface area contributed by atoms with Crippen LogP contribution in [-0.2, 0) is 10.0 Å². The molecule has 21 heavy (non-hydrogen) atoms. The molecule has 0 unspecified atom stereocenters. The number of carbonyl (C=O) groups is 1. The highest BCUT2D eigenvalue weighted by atomic mass is 35.5. The second-order valence-corrected chi connectivity index (χ2v) is 6.29. The third kappa shape index (κ3) is 3.78. The highest BCUT2D eigenvalue weighted by Gasteiger charge is 2.13. The number of nitrogens with zero attached hydrogens (tertiary/aromatic N) is 1. The van der Waals surface area contributed by atoms with Gasteiger partial charge in [0.2, 0.25) is 10.0 Å². The van der Waals surface area contributed by atoms with E-state index in [4.69, 9.17) is 16.7 Å². The second kappa shape index (κ2) is 5.80. The van der Waals surface area contributed by atoms with Crippen LogP contribution in [0.3, 0.4) is 0 Å². The van der Waals surface area contributed by atoms with Gasteiger partial charge in [-0.3, -0.25) is 4.79 Å².